The van der Waals surface area contributed by atoms with Gasteiger partial charge in [-0.3, -0.25) is 5.26 Å². The molecule has 1 unspecified atom stereocenters. The van der Waals surface area contributed by atoms with Crippen molar-refractivity contribution < 1.29 is 24.7 Å². The minimum Gasteiger partial charge on any atom is -0.392 e. The molecule has 0 spiro atoms. The zero-order chi connectivity index (χ0) is 19.2. The van der Waals surface area contributed by atoms with E-state index in [1.54, 1.807) is 30.3 Å². The Hall–Kier alpha value is -1.83. The molecule has 0 radical (unpaired) electrons. The Bertz CT molecular complexity index is 705. The van der Waals surface area contributed by atoms with Gasteiger partial charge < -0.3 is 15.1 Å². The molecule has 2 aromatic carbocycles. The second kappa shape index (κ2) is 9.21. The highest BCUT2D eigenvalue weighted by Crippen LogP contribution is 2.37. The third kappa shape index (κ3) is 4.87. The van der Waals surface area contributed by atoms with Crippen molar-refractivity contribution >= 4 is 0 Å². The topological polar surface area (TPSA) is 73.2 Å². The molecule has 0 saturated heterocycles. The third-order valence-corrected chi connectivity index (χ3v) is 4.48. The zero-order valence-electron chi connectivity index (χ0n) is 15.2. The maximum atomic E-state index is 13.4. The predicted octanol–water partition coefficient (Wildman–Crippen LogP) is 2.89. The average Bonchev–Trinajstić information content (AvgIpc) is 2.62. The first kappa shape index (κ1) is 20.5. The number of benzene rings is 2. The summed E-state index contributed by atoms with van der Waals surface area (Å²) < 4.78 is 13.4. The van der Waals surface area contributed by atoms with Crippen LogP contribution in [-0.4, -0.2) is 41.0 Å². The van der Waals surface area contributed by atoms with Gasteiger partial charge in [0, 0.05) is 0 Å². The lowest BCUT2D eigenvalue weighted by Crippen LogP contribution is -2.30. The Balaban J connectivity index is 2.47. The fraction of sp³-hybridized carbons (Fsp3) is 0.400. The summed E-state index contributed by atoms with van der Waals surface area (Å²) in [6.45, 7) is 0.503. The molecule has 1 atom stereocenters. The van der Waals surface area contributed by atoms with Gasteiger partial charge in [-0.2, -0.15) is 0 Å². The molecule has 0 aliphatic heterocycles. The Morgan fingerprint density at radius 3 is 2.38 bits per heavy atom. The van der Waals surface area contributed by atoms with Crippen molar-refractivity contribution in [1.82, 2.24) is 4.90 Å². The normalized spacial score (nSPS) is 13.8. The lowest BCUT2D eigenvalue weighted by atomic mass is 9.80. The number of nitrogens with zero attached hydrogens (tertiary/aromatic N) is 1. The summed E-state index contributed by atoms with van der Waals surface area (Å²) in [5.74, 6) is -0.373. The van der Waals surface area contributed by atoms with Gasteiger partial charge in [-0.05, 0) is 67.9 Å². The lowest BCUT2D eigenvalue weighted by molar-refractivity contribution is -0.253. The van der Waals surface area contributed by atoms with Crippen molar-refractivity contribution in [3.8, 4) is 0 Å². The third-order valence-electron chi connectivity index (χ3n) is 4.48. The van der Waals surface area contributed by atoms with Crippen molar-refractivity contribution in [2.75, 3.05) is 20.6 Å². The maximum absolute atomic E-state index is 13.4. The Labute approximate surface area is 153 Å². The van der Waals surface area contributed by atoms with Gasteiger partial charge in [-0.15, -0.1) is 0 Å². The molecule has 0 aliphatic carbocycles. The molecule has 26 heavy (non-hydrogen) atoms. The van der Waals surface area contributed by atoms with Crippen LogP contribution in [0.15, 0.2) is 42.5 Å². The largest absolute Gasteiger partial charge is 0.392 e. The van der Waals surface area contributed by atoms with E-state index < -0.39 is 5.60 Å². The molecule has 0 aliphatic rings. The number of hydrogen-bond donors (Lipinski definition) is 3. The molecule has 0 heterocycles. The SMILES string of the molecule is CN(C)CCCC(O)(c1ccc(F)cc1)c1ccc(COO)cc1CO. The zero-order valence-corrected chi connectivity index (χ0v) is 15.2. The molecule has 6 heteroatoms. The first-order valence-corrected chi connectivity index (χ1v) is 8.53. The van der Waals surface area contributed by atoms with Crippen LogP contribution in [0, 0.1) is 5.82 Å². The van der Waals surface area contributed by atoms with Gasteiger partial charge in [0.05, 0.1) is 6.61 Å². The highest BCUT2D eigenvalue weighted by atomic mass is 19.1. The van der Waals surface area contributed by atoms with E-state index in [0.717, 1.165) is 6.54 Å². The Morgan fingerprint density at radius 1 is 1.12 bits per heavy atom. The molecule has 3 N–H and O–H groups in total. The van der Waals surface area contributed by atoms with Gasteiger partial charge in [0.2, 0.25) is 0 Å². The first-order chi connectivity index (χ1) is 12.4. The summed E-state index contributed by atoms with van der Waals surface area (Å²) in [7, 11) is 3.92. The van der Waals surface area contributed by atoms with Gasteiger partial charge >= 0.3 is 0 Å². The van der Waals surface area contributed by atoms with E-state index in [1.807, 2.05) is 19.0 Å². The minimum atomic E-state index is -1.36. The van der Waals surface area contributed by atoms with Crippen LogP contribution < -0.4 is 0 Å². The van der Waals surface area contributed by atoms with E-state index in [2.05, 4.69) is 4.89 Å². The van der Waals surface area contributed by atoms with Crippen LogP contribution >= 0.6 is 0 Å². The van der Waals surface area contributed by atoms with Crippen LogP contribution in [0.5, 0.6) is 0 Å². The quantitative estimate of drug-likeness (QED) is 0.472. The van der Waals surface area contributed by atoms with Crippen molar-refractivity contribution in [2.45, 2.75) is 31.7 Å². The number of aliphatic hydroxyl groups is 2. The van der Waals surface area contributed by atoms with Crippen molar-refractivity contribution in [1.29, 1.82) is 0 Å². The van der Waals surface area contributed by atoms with E-state index in [0.29, 0.717) is 35.1 Å². The first-order valence-electron chi connectivity index (χ1n) is 8.53. The van der Waals surface area contributed by atoms with Gasteiger partial charge in [-0.25, -0.2) is 9.28 Å². The van der Waals surface area contributed by atoms with E-state index in [4.69, 9.17) is 5.26 Å². The molecule has 2 rings (SSSR count). The van der Waals surface area contributed by atoms with E-state index in [9.17, 15) is 14.6 Å². The molecule has 0 fully saturated rings. The van der Waals surface area contributed by atoms with Crippen molar-refractivity contribution in [2.24, 2.45) is 0 Å². The van der Waals surface area contributed by atoms with Crippen LogP contribution in [0.2, 0.25) is 0 Å². The summed E-state index contributed by atoms with van der Waals surface area (Å²) >= 11 is 0. The van der Waals surface area contributed by atoms with E-state index in [1.165, 1.54) is 12.1 Å². The predicted molar refractivity (Wildman–Crippen MR) is 97.0 cm³/mol. The fourth-order valence-electron chi connectivity index (χ4n) is 3.16. The molecule has 0 amide bonds. The van der Waals surface area contributed by atoms with Crippen LogP contribution in [0.3, 0.4) is 0 Å². The van der Waals surface area contributed by atoms with Crippen molar-refractivity contribution in [3.63, 3.8) is 0 Å². The molecular formula is C20H26FNO4. The second-order valence-corrected chi connectivity index (χ2v) is 6.70. The smallest absolute Gasteiger partial charge is 0.123 e. The molecular weight excluding hydrogens is 337 g/mol. The summed E-state index contributed by atoms with van der Waals surface area (Å²) in [6.07, 6.45) is 1.13. The summed E-state index contributed by atoms with van der Waals surface area (Å²) in [5.41, 5.74) is 0.984. The van der Waals surface area contributed by atoms with Gasteiger partial charge in [-0.1, -0.05) is 30.3 Å². The van der Waals surface area contributed by atoms with Crippen LogP contribution in [0.25, 0.3) is 0 Å². The number of halogens is 1. The Kier molecular flexibility index (Phi) is 7.25. The van der Waals surface area contributed by atoms with Crippen molar-refractivity contribution in [3.05, 3.63) is 70.5 Å². The molecule has 5 nitrogen and oxygen atoms in total. The van der Waals surface area contributed by atoms with Gasteiger partial charge in [0.1, 0.15) is 18.0 Å². The number of aliphatic hydroxyl groups excluding tert-OH is 1. The lowest BCUT2D eigenvalue weighted by Gasteiger charge is -2.32. The monoisotopic (exact) mass is 363 g/mol. The fourth-order valence-corrected chi connectivity index (χ4v) is 3.16. The standard InChI is InChI=1S/C20H26FNO4/c1-22(2)11-3-10-20(24,17-5-7-18(21)8-6-17)19-9-4-15(14-26-25)12-16(19)13-23/h4-9,12,23-25H,3,10-11,13-14H2,1-2H3. The van der Waals surface area contributed by atoms with E-state index >= 15 is 0 Å². The highest BCUT2D eigenvalue weighted by Gasteiger charge is 2.33. The summed E-state index contributed by atoms with van der Waals surface area (Å²) in [5, 5.41) is 30.0. The molecule has 0 bridgehead atoms. The van der Waals surface area contributed by atoms with Crippen LogP contribution in [-0.2, 0) is 23.7 Å². The number of hydrogen-bond acceptors (Lipinski definition) is 5. The average molecular weight is 363 g/mol. The molecule has 142 valence electrons. The van der Waals surface area contributed by atoms with Gasteiger partial charge in [0.25, 0.3) is 0 Å². The Morgan fingerprint density at radius 2 is 1.81 bits per heavy atom. The van der Waals surface area contributed by atoms with Crippen LogP contribution in [0.4, 0.5) is 4.39 Å². The minimum absolute atomic E-state index is 0.0110. The molecule has 0 aromatic heterocycles. The highest BCUT2D eigenvalue weighted by molar-refractivity contribution is 5.42. The summed E-state index contributed by atoms with van der Waals surface area (Å²) in [6, 6.07) is 10.9. The molecule has 2 aromatic rings. The molecule has 0 saturated carbocycles. The van der Waals surface area contributed by atoms with Gasteiger partial charge in [0.15, 0.2) is 0 Å². The van der Waals surface area contributed by atoms with E-state index in [-0.39, 0.29) is 19.0 Å². The second-order valence-electron chi connectivity index (χ2n) is 6.70. The van der Waals surface area contributed by atoms with Crippen LogP contribution in [0.1, 0.15) is 35.1 Å². The summed E-state index contributed by atoms with van der Waals surface area (Å²) in [4.78, 5) is 6.18. The number of rotatable bonds is 9. The maximum Gasteiger partial charge on any atom is 0.123 e.